The van der Waals surface area contributed by atoms with Crippen LogP contribution >= 0.6 is 0 Å². The van der Waals surface area contributed by atoms with Crippen LogP contribution in [0.3, 0.4) is 0 Å². The van der Waals surface area contributed by atoms with Gasteiger partial charge in [-0.2, -0.15) is 0 Å². The number of carbonyl (C=O) groups is 2. The number of benzene rings is 2. The van der Waals surface area contributed by atoms with Crippen LogP contribution in [0, 0.1) is 20.8 Å². The fourth-order valence-electron chi connectivity index (χ4n) is 7.52. The summed E-state index contributed by atoms with van der Waals surface area (Å²) in [6.07, 6.45) is 4.20. The second-order valence-electron chi connectivity index (χ2n) is 14.0. The van der Waals surface area contributed by atoms with E-state index in [0.29, 0.717) is 64.5 Å². The Balaban J connectivity index is 0.901. The Labute approximate surface area is 322 Å². The van der Waals surface area contributed by atoms with Crippen LogP contribution in [-0.4, -0.2) is 88.2 Å². The molecule has 0 spiro atoms. The summed E-state index contributed by atoms with van der Waals surface area (Å²) >= 11 is 0. The highest BCUT2D eigenvalue weighted by atomic mass is 19.2. The monoisotopic (exact) mass is 776 g/mol. The molecule has 57 heavy (non-hydrogen) atoms. The molecule has 6 aromatic rings. The second-order valence-corrected chi connectivity index (χ2v) is 14.0. The summed E-state index contributed by atoms with van der Waals surface area (Å²) in [4.78, 5) is 47.7. The number of aromatic nitrogens is 6. The Kier molecular flexibility index (Phi) is 9.05. The first-order valence-electron chi connectivity index (χ1n) is 18.1. The molecule has 290 valence electrons. The number of nitrogens with one attached hydrogen (secondary N) is 1. The van der Waals surface area contributed by atoms with Crippen molar-refractivity contribution in [2.24, 2.45) is 4.99 Å². The molecule has 0 bridgehead atoms. The van der Waals surface area contributed by atoms with Gasteiger partial charge in [0.1, 0.15) is 23.8 Å². The largest absolute Gasteiger partial charge is 0.639 e. The van der Waals surface area contributed by atoms with Crippen molar-refractivity contribution in [1.82, 2.24) is 29.4 Å². The zero-order valence-electron chi connectivity index (χ0n) is 31.2. The fraction of sp³-hybridized carbons (Fsp3) is 0.231. The first-order valence-corrected chi connectivity index (χ1v) is 18.1. The van der Waals surface area contributed by atoms with Crippen molar-refractivity contribution in [3.05, 3.63) is 116 Å². The zero-order chi connectivity index (χ0) is 40.3. The van der Waals surface area contributed by atoms with Crippen LogP contribution in [0.1, 0.15) is 68.1 Å². The Morgan fingerprint density at radius 2 is 1.74 bits per heavy atom. The third-order valence-electron chi connectivity index (χ3n) is 10.1. The van der Waals surface area contributed by atoms with Gasteiger partial charge in [0.05, 0.1) is 41.7 Å². The number of halogens is 2. The van der Waals surface area contributed by atoms with Crippen LogP contribution in [0.15, 0.2) is 70.3 Å². The number of fused-ring (bicyclic) bond motifs is 4. The third kappa shape index (κ3) is 6.51. The quantitative estimate of drug-likeness (QED) is 0.0826. The average Bonchev–Trinajstić information content (AvgIpc) is 3.88. The van der Waals surface area contributed by atoms with Crippen LogP contribution in [0.2, 0.25) is 0 Å². The molecule has 0 aliphatic carbocycles. The summed E-state index contributed by atoms with van der Waals surface area (Å²) in [7, 11) is 0. The molecular formula is C39H35BF2N8O7. The lowest BCUT2D eigenvalue weighted by molar-refractivity contribution is -0.362. The number of carboxylic acid groups (broad SMARTS) is 2. The first-order chi connectivity index (χ1) is 27.2. The Morgan fingerprint density at radius 1 is 0.965 bits per heavy atom. The number of hydrogen-bond acceptors (Lipinski definition) is 9. The lowest BCUT2D eigenvalue weighted by Crippen LogP contribution is -2.50. The Morgan fingerprint density at radius 3 is 2.47 bits per heavy atom. The Hall–Kier alpha value is -6.98. The topological polar surface area (TPSA) is 190 Å². The maximum atomic E-state index is 15.7. The van der Waals surface area contributed by atoms with E-state index < -0.39 is 24.3 Å². The van der Waals surface area contributed by atoms with Gasteiger partial charge in [0.15, 0.2) is 16.8 Å². The smallest absolute Gasteiger partial charge is 0.493 e. The molecule has 6 heterocycles. The van der Waals surface area contributed by atoms with Gasteiger partial charge in [0.2, 0.25) is 0 Å². The summed E-state index contributed by atoms with van der Waals surface area (Å²) < 4.78 is 47.1. The molecule has 4 aromatic heterocycles. The predicted molar refractivity (Wildman–Crippen MR) is 207 cm³/mol. The van der Waals surface area contributed by atoms with Gasteiger partial charge < -0.3 is 42.3 Å². The maximum absolute atomic E-state index is 15.7. The van der Waals surface area contributed by atoms with E-state index in [-0.39, 0.29) is 52.6 Å². The zero-order valence-corrected chi connectivity index (χ0v) is 31.2. The summed E-state index contributed by atoms with van der Waals surface area (Å²) in [5.41, 5.74) is 4.11. The van der Waals surface area contributed by atoms with Gasteiger partial charge in [-0.25, -0.2) is 19.3 Å². The molecule has 2 aromatic carbocycles. The normalized spacial score (nSPS) is 14.4. The van der Waals surface area contributed by atoms with Crippen LogP contribution in [0.4, 0.5) is 8.63 Å². The number of pyridine rings is 2. The van der Waals surface area contributed by atoms with Crippen molar-refractivity contribution >= 4 is 58.2 Å². The molecule has 0 fully saturated rings. The van der Waals surface area contributed by atoms with E-state index in [1.54, 1.807) is 49.8 Å². The van der Waals surface area contributed by atoms with Gasteiger partial charge in [0.25, 0.3) is 5.82 Å². The molecule has 0 atom stereocenters. The van der Waals surface area contributed by atoms with Gasteiger partial charge in [-0.1, -0.05) is 17.3 Å². The van der Waals surface area contributed by atoms with Crippen LogP contribution in [0.5, 0.6) is 11.5 Å². The van der Waals surface area contributed by atoms with Gasteiger partial charge in [-0.3, -0.25) is 4.79 Å². The second kappa shape index (κ2) is 14.0. The standard InChI is InChI=1S/C39H35BF2N8O7/c1-20-14-22(3)50-36(20)33(37-43-21(2)18-49(37)40(50,41)42)24-7-9-26(10-8-24)56-13-11-48-19-25(46-47-48)6-5-12-57-32-17-30(39(54)55)45-35-23(4)34-27(15-28(32)35)31(51)16-29(44-34)38(52)53/h7-10,14-19H,5-6,11-13H2,1-4H3,(H,44,51)(H,52,53)(H,54,55). The van der Waals surface area contributed by atoms with Crippen molar-refractivity contribution in [3.8, 4) is 11.5 Å². The third-order valence-corrected chi connectivity index (χ3v) is 10.1. The average molecular weight is 777 g/mol. The van der Waals surface area contributed by atoms with E-state index in [1.165, 1.54) is 18.3 Å². The number of ether oxygens (including phenoxy) is 2. The van der Waals surface area contributed by atoms with Gasteiger partial charge in [-0.15, -0.1) is 5.10 Å². The lowest BCUT2D eigenvalue weighted by Gasteiger charge is -2.34. The molecular weight excluding hydrogens is 741 g/mol. The van der Waals surface area contributed by atoms with E-state index >= 15 is 8.63 Å². The molecule has 18 heteroatoms. The SMILES string of the molecule is CC1=NC2=C(c3ccc(OCCn4cc(CCCOc5cc(C(=O)O)nc6c(C)c7[nH]c(C(=O)O)cc(=O)c7cc56)nn4)cc3)c3c(C)cc(C)n3[B-](F)(F)[N+]2=C1. The van der Waals surface area contributed by atoms with Crippen molar-refractivity contribution < 1.29 is 42.4 Å². The van der Waals surface area contributed by atoms with Crippen molar-refractivity contribution in [1.29, 1.82) is 0 Å². The number of aryl methyl sites for hydroxylation is 4. The summed E-state index contributed by atoms with van der Waals surface area (Å²) in [5.74, 6) is -1.53. The van der Waals surface area contributed by atoms with E-state index in [1.807, 2.05) is 19.1 Å². The molecule has 0 radical (unpaired) electrons. The molecule has 2 aliphatic rings. The predicted octanol–water partition coefficient (Wildman–Crippen LogP) is 5.39. The number of rotatable bonds is 12. The minimum Gasteiger partial charge on any atom is -0.493 e. The van der Waals surface area contributed by atoms with Gasteiger partial charge in [-0.05, 0) is 85.3 Å². The minimum absolute atomic E-state index is 0.185. The number of hydrogen-bond donors (Lipinski definition) is 3. The molecule has 15 nitrogen and oxygen atoms in total. The molecule has 0 saturated heterocycles. The summed E-state index contributed by atoms with van der Waals surface area (Å²) in [5, 5.41) is 28.2. The lowest BCUT2D eigenvalue weighted by atomic mass is 9.87. The van der Waals surface area contributed by atoms with E-state index in [2.05, 4.69) is 25.3 Å². The van der Waals surface area contributed by atoms with Crippen LogP contribution in [-0.2, 0) is 13.0 Å². The number of carboxylic acids is 2. The van der Waals surface area contributed by atoms with Gasteiger partial charge in [0, 0.05) is 41.7 Å². The van der Waals surface area contributed by atoms with E-state index in [4.69, 9.17) is 9.47 Å². The number of aliphatic imine (C=N–C) groups is 1. The van der Waals surface area contributed by atoms with Crippen molar-refractivity contribution in [2.75, 3.05) is 13.2 Å². The molecule has 0 amide bonds. The van der Waals surface area contributed by atoms with E-state index in [0.717, 1.165) is 26.2 Å². The number of aromatic carboxylic acids is 2. The highest BCUT2D eigenvalue weighted by Gasteiger charge is 2.50. The van der Waals surface area contributed by atoms with Crippen LogP contribution in [0.25, 0.3) is 27.4 Å². The first kappa shape index (κ1) is 37.0. The number of aromatic amines is 1. The molecule has 0 unspecified atom stereocenters. The molecule has 0 saturated carbocycles. The molecule has 2 aliphatic heterocycles. The minimum atomic E-state index is -4.09. The number of H-pyrrole nitrogens is 1. The Bertz CT molecular complexity index is 2840. The number of nitrogens with zero attached hydrogens (tertiary/aromatic N) is 7. The van der Waals surface area contributed by atoms with Crippen LogP contribution < -0.4 is 14.9 Å². The van der Waals surface area contributed by atoms with Crippen molar-refractivity contribution in [2.45, 2.75) is 47.1 Å². The summed E-state index contributed by atoms with van der Waals surface area (Å²) in [6.45, 7) is 3.63. The van der Waals surface area contributed by atoms with Crippen molar-refractivity contribution in [3.63, 3.8) is 0 Å². The fourth-order valence-corrected chi connectivity index (χ4v) is 7.52. The molecule has 3 N–H and O–H groups in total. The van der Waals surface area contributed by atoms with Gasteiger partial charge >= 0.3 is 18.9 Å². The molecule has 8 rings (SSSR count). The van der Waals surface area contributed by atoms with E-state index in [9.17, 15) is 24.6 Å². The maximum Gasteiger partial charge on any atom is 0.639 e. The highest BCUT2D eigenvalue weighted by Crippen LogP contribution is 2.42. The summed E-state index contributed by atoms with van der Waals surface area (Å²) in [6, 6.07) is 12.9. The highest BCUT2D eigenvalue weighted by molar-refractivity contribution is 6.59.